The van der Waals surface area contributed by atoms with Crippen molar-refractivity contribution in [2.75, 3.05) is 13.1 Å². The Balaban J connectivity index is 4.35. The Morgan fingerprint density at radius 3 is 1.62 bits per heavy atom. The molecule has 0 aliphatic rings. The third-order valence-corrected chi connectivity index (χ3v) is 2.77. The molecule has 0 heterocycles. The van der Waals surface area contributed by atoms with E-state index in [1.165, 1.54) is 13.0 Å². The van der Waals surface area contributed by atoms with Crippen LogP contribution >= 0.6 is 0 Å². The van der Waals surface area contributed by atoms with Crippen molar-refractivity contribution in [3.05, 3.63) is 0 Å². The van der Waals surface area contributed by atoms with Crippen LogP contribution in [0.25, 0.3) is 0 Å². The lowest BCUT2D eigenvalue weighted by molar-refractivity contribution is 0.0815. The van der Waals surface area contributed by atoms with E-state index >= 15 is 0 Å². The van der Waals surface area contributed by atoms with E-state index < -0.39 is 0 Å². The molecule has 0 spiro atoms. The van der Waals surface area contributed by atoms with Crippen LogP contribution in [0.4, 0.5) is 0 Å². The smallest absolute Gasteiger partial charge is 0.0150 e. The molecule has 0 aromatic heterocycles. The molecule has 0 fully saturated rings. The van der Waals surface area contributed by atoms with Crippen molar-refractivity contribution in [1.82, 2.24) is 4.90 Å². The van der Waals surface area contributed by atoms with Crippen LogP contribution in [0.3, 0.4) is 0 Å². The molecule has 1 heteroatoms. The molecule has 0 saturated carbocycles. The van der Waals surface area contributed by atoms with Gasteiger partial charge in [0, 0.05) is 12.1 Å². The molecule has 0 bridgehead atoms. The van der Waals surface area contributed by atoms with Crippen LogP contribution in [0, 0.1) is 5.41 Å². The average molecular weight is 185 g/mol. The highest BCUT2D eigenvalue weighted by molar-refractivity contribution is 4.82. The van der Waals surface area contributed by atoms with E-state index in [0.29, 0.717) is 11.0 Å². The quantitative estimate of drug-likeness (QED) is 0.647. The number of hydrogen-bond acceptors (Lipinski definition) is 1. The maximum Gasteiger partial charge on any atom is 0.0150 e. The number of rotatable bonds is 4. The van der Waals surface area contributed by atoms with E-state index in [9.17, 15) is 0 Å². The third-order valence-electron chi connectivity index (χ3n) is 2.77. The van der Waals surface area contributed by atoms with Gasteiger partial charge in [-0.2, -0.15) is 0 Å². The summed E-state index contributed by atoms with van der Waals surface area (Å²) in [7, 11) is 0. The van der Waals surface area contributed by atoms with Gasteiger partial charge < -0.3 is 0 Å². The summed E-state index contributed by atoms with van der Waals surface area (Å²) in [5, 5.41) is 0. The van der Waals surface area contributed by atoms with Crippen LogP contribution < -0.4 is 0 Å². The molecule has 0 rings (SSSR count). The fourth-order valence-corrected chi connectivity index (χ4v) is 1.55. The van der Waals surface area contributed by atoms with Gasteiger partial charge in [0.1, 0.15) is 0 Å². The molecule has 0 N–H and O–H groups in total. The van der Waals surface area contributed by atoms with E-state index in [2.05, 4.69) is 53.4 Å². The van der Waals surface area contributed by atoms with Crippen molar-refractivity contribution < 1.29 is 0 Å². The van der Waals surface area contributed by atoms with Crippen molar-refractivity contribution in [2.24, 2.45) is 5.41 Å². The maximum atomic E-state index is 2.58. The summed E-state index contributed by atoms with van der Waals surface area (Å²) >= 11 is 0. The highest BCUT2D eigenvalue weighted by Gasteiger charge is 2.26. The Labute approximate surface area is 84.5 Å². The van der Waals surface area contributed by atoms with Gasteiger partial charge in [0.05, 0.1) is 0 Å². The Hall–Kier alpha value is -0.0400. The van der Waals surface area contributed by atoms with Gasteiger partial charge in [0.15, 0.2) is 0 Å². The molecule has 0 unspecified atom stereocenters. The Kier molecular flexibility index (Phi) is 4.44. The minimum atomic E-state index is 0.349. The minimum Gasteiger partial charge on any atom is -0.298 e. The molecule has 0 aromatic rings. The van der Waals surface area contributed by atoms with Gasteiger partial charge in [0.2, 0.25) is 0 Å². The topological polar surface area (TPSA) is 3.24 Å². The van der Waals surface area contributed by atoms with Crippen LogP contribution in [0.15, 0.2) is 0 Å². The summed E-state index contributed by atoms with van der Waals surface area (Å²) in [5.74, 6) is 0. The Morgan fingerprint density at radius 1 is 0.923 bits per heavy atom. The summed E-state index contributed by atoms with van der Waals surface area (Å²) in [4.78, 5) is 2.58. The van der Waals surface area contributed by atoms with E-state index in [-0.39, 0.29) is 0 Å². The zero-order chi connectivity index (χ0) is 10.7. The third kappa shape index (κ3) is 4.66. The van der Waals surface area contributed by atoms with Crippen LogP contribution in [-0.2, 0) is 0 Å². The predicted molar refractivity (Wildman–Crippen MR) is 61.1 cm³/mol. The first-order valence-corrected chi connectivity index (χ1v) is 5.48. The van der Waals surface area contributed by atoms with Gasteiger partial charge in [-0.3, -0.25) is 4.90 Å². The van der Waals surface area contributed by atoms with Crippen molar-refractivity contribution in [1.29, 1.82) is 0 Å². The zero-order valence-electron chi connectivity index (χ0n) is 10.6. The summed E-state index contributed by atoms with van der Waals surface area (Å²) < 4.78 is 0. The summed E-state index contributed by atoms with van der Waals surface area (Å²) in [6.45, 7) is 18.4. The fourth-order valence-electron chi connectivity index (χ4n) is 1.55. The maximum absolute atomic E-state index is 2.58. The lowest BCUT2D eigenvalue weighted by Crippen LogP contribution is -2.47. The molecule has 0 atom stereocenters. The van der Waals surface area contributed by atoms with Crippen molar-refractivity contribution >= 4 is 0 Å². The lowest BCUT2D eigenvalue weighted by atomic mass is 9.91. The summed E-state index contributed by atoms with van der Waals surface area (Å²) in [5.41, 5.74) is 0.754. The van der Waals surface area contributed by atoms with E-state index in [1.54, 1.807) is 0 Å². The Bertz CT molecular complexity index is 142. The molecule has 13 heavy (non-hydrogen) atoms. The molecule has 80 valence electrons. The Morgan fingerprint density at radius 2 is 1.38 bits per heavy atom. The van der Waals surface area contributed by atoms with Crippen molar-refractivity contribution in [2.45, 2.75) is 60.4 Å². The first-order valence-electron chi connectivity index (χ1n) is 5.48. The molecule has 1 nitrogen and oxygen atoms in total. The molecule has 0 aromatic carbocycles. The van der Waals surface area contributed by atoms with Crippen LogP contribution in [0.1, 0.15) is 54.9 Å². The van der Waals surface area contributed by atoms with Crippen LogP contribution in [-0.4, -0.2) is 23.5 Å². The highest BCUT2D eigenvalue weighted by atomic mass is 15.2. The molecule has 0 radical (unpaired) electrons. The molecular formula is C12H27N. The lowest BCUT2D eigenvalue weighted by Gasteiger charge is -2.41. The SMILES string of the molecule is CCN(CC(C)(C)C)C(C)(C)CC. The van der Waals surface area contributed by atoms with Gasteiger partial charge in [0.25, 0.3) is 0 Å². The van der Waals surface area contributed by atoms with E-state index in [0.717, 1.165) is 6.54 Å². The van der Waals surface area contributed by atoms with Gasteiger partial charge in [-0.25, -0.2) is 0 Å². The van der Waals surface area contributed by atoms with Crippen molar-refractivity contribution in [3.8, 4) is 0 Å². The van der Waals surface area contributed by atoms with Gasteiger partial charge in [-0.1, -0.05) is 34.6 Å². The normalized spacial score (nSPS) is 13.8. The first-order chi connectivity index (χ1) is 5.73. The molecule has 0 aliphatic heterocycles. The van der Waals surface area contributed by atoms with Crippen LogP contribution in [0.2, 0.25) is 0 Å². The van der Waals surface area contributed by atoms with Gasteiger partial charge >= 0.3 is 0 Å². The fraction of sp³-hybridized carbons (Fsp3) is 1.00. The minimum absolute atomic E-state index is 0.349. The van der Waals surface area contributed by atoms with Crippen LogP contribution in [0.5, 0.6) is 0 Å². The zero-order valence-corrected chi connectivity index (χ0v) is 10.6. The second-order valence-electron chi connectivity index (χ2n) is 5.74. The first kappa shape index (κ1) is 13.0. The predicted octanol–water partition coefficient (Wildman–Crippen LogP) is 3.54. The summed E-state index contributed by atoms with van der Waals surface area (Å²) in [6.07, 6.45) is 1.22. The largest absolute Gasteiger partial charge is 0.298 e. The standard InChI is InChI=1S/C12H27N/c1-8-12(6,7)13(9-2)10-11(3,4)5/h8-10H2,1-7H3. The molecular weight excluding hydrogens is 158 g/mol. The number of hydrogen-bond donors (Lipinski definition) is 0. The van der Waals surface area contributed by atoms with Gasteiger partial charge in [-0.15, -0.1) is 0 Å². The van der Waals surface area contributed by atoms with Crippen molar-refractivity contribution in [3.63, 3.8) is 0 Å². The summed E-state index contributed by atoms with van der Waals surface area (Å²) in [6, 6.07) is 0. The van der Waals surface area contributed by atoms with E-state index in [4.69, 9.17) is 0 Å². The molecule has 0 aliphatic carbocycles. The monoisotopic (exact) mass is 185 g/mol. The molecule has 0 saturated heterocycles. The molecule has 0 amide bonds. The average Bonchev–Trinajstić information content (AvgIpc) is 1.98. The second kappa shape index (κ2) is 4.45. The number of nitrogens with zero attached hydrogens (tertiary/aromatic N) is 1. The highest BCUT2D eigenvalue weighted by Crippen LogP contribution is 2.24. The van der Waals surface area contributed by atoms with E-state index in [1.807, 2.05) is 0 Å². The van der Waals surface area contributed by atoms with Gasteiger partial charge in [-0.05, 0) is 32.2 Å². The second-order valence-corrected chi connectivity index (χ2v) is 5.74.